The average molecular weight is 392 g/mol. The van der Waals surface area contributed by atoms with Gasteiger partial charge in [0.2, 0.25) is 5.91 Å². The summed E-state index contributed by atoms with van der Waals surface area (Å²) < 4.78 is 5.39. The van der Waals surface area contributed by atoms with Gasteiger partial charge < -0.3 is 14.6 Å². The lowest BCUT2D eigenvalue weighted by atomic mass is 10.2. The first-order valence-corrected chi connectivity index (χ1v) is 8.99. The van der Waals surface area contributed by atoms with Crippen LogP contribution >= 0.6 is 23.8 Å². The molecule has 1 aromatic carbocycles. The van der Waals surface area contributed by atoms with E-state index in [1.165, 1.54) is 4.90 Å². The number of amides is 2. The highest BCUT2D eigenvalue weighted by Crippen LogP contribution is 2.27. The van der Waals surface area contributed by atoms with Gasteiger partial charge in [0.1, 0.15) is 11.8 Å². The Balaban J connectivity index is 1.87. The third kappa shape index (κ3) is 3.73. The van der Waals surface area contributed by atoms with Crippen molar-refractivity contribution in [3.8, 4) is 0 Å². The van der Waals surface area contributed by atoms with Gasteiger partial charge in [-0.15, -0.1) is 0 Å². The molecule has 1 fully saturated rings. The summed E-state index contributed by atoms with van der Waals surface area (Å²) in [5, 5.41) is 4.00. The van der Waals surface area contributed by atoms with E-state index in [4.69, 9.17) is 28.2 Å². The SMILES string of the molecule is CCNC(=S)N(Cc1ccco1)[C@@H]1CC(=O)N(c2ccc(Cl)cc2)C1=O. The number of carbonyl (C=O) groups is 2. The van der Waals surface area contributed by atoms with Crippen molar-refractivity contribution < 1.29 is 14.0 Å². The Morgan fingerprint density at radius 2 is 2.08 bits per heavy atom. The Kier molecular flexibility index (Phi) is 5.58. The van der Waals surface area contributed by atoms with Crippen molar-refractivity contribution in [3.63, 3.8) is 0 Å². The zero-order valence-electron chi connectivity index (χ0n) is 14.1. The minimum absolute atomic E-state index is 0.0493. The van der Waals surface area contributed by atoms with E-state index in [2.05, 4.69) is 5.32 Å². The maximum absolute atomic E-state index is 13.0. The number of hydrogen-bond acceptors (Lipinski definition) is 4. The largest absolute Gasteiger partial charge is 0.467 e. The molecular weight excluding hydrogens is 374 g/mol. The van der Waals surface area contributed by atoms with E-state index < -0.39 is 6.04 Å². The first-order valence-electron chi connectivity index (χ1n) is 8.20. The van der Waals surface area contributed by atoms with Gasteiger partial charge in [0.05, 0.1) is 24.9 Å². The number of anilines is 1. The molecule has 6 nitrogen and oxygen atoms in total. The molecule has 136 valence electrons. The molecule has 1 saturated heterocycles. The predicted molar refractivity (Wildman–Crippen MR) is 103 cm³/mol. The molecule has 0 bridgehead atoms. The van der Waals surface area contributed by atoms with E-state index >= 15 is 0 Å². The van der Waals surface area contributed by atoms with Gasteiger partial charge in [-0.3, -0.25) is 9.59 Å². The Hall–Kier alpha value is -2.38. The van der Waals surface area contributed by atoms with Gasteiger partial charge in [0.25, 0.3) is 5.91 Å². The third-order valence-corrected chi connectivity index (χ3v) is 4.71. The van der Waals surface area contributed by atoms with Crippen molar-refractivity contribution in [3.05, 3.63) is 53.4 Å². The van der Waals surface area contributed by atoms with E-state index in [0.29, 0.717) is 34.7 Å². The lowest BCUT2D eigenvalue weighted by Gasteiger charge is -2.29. The fourth-order valence-electron chi connectivity index (χ4n) is 2.87. The molecule has 2 heterocycles. The summed E-state index contributed by atoms with van der Waals surface area (Å²) in [6.45, 7) is 2.83. The summed E-state index contributed by atoms with van der Waals surface area (Å²) in [6, 6.07) is 9.49. The molecule has 26 heavy (non-hydrogen) atoms. The highest BCUT2D eigenvalue weighted by Gasteiger charge is 2.43. The summed E-state index contributed by atoms with van der Waals surface area (Å²) in [7, 11) is 0. The number of furan rings is 1. The molecule has 0 unspecified atom stereocenters. The highest BCUT2D eigenvalue weighted by molar-refractivity contribution is 7.80. The topological polar surface area (TPSA) is 65.8 Å². The normalized spacial score (nSPS) is 16.8. The number of halogens is 1. The molecule has 2 aromatic rings. The van der Waals surface area contributed by atoms with Gasteiger partial charge >= 0.3 is 0 Å². The molecule has 1 aliphatic heterocycles. The van der Waals surface area contributed by atoms with Gasteiger partial charge in [0.15, 0.2) is 5.11 Å². The van der Waals surface area contributed by atoms with Crippen LogP contribution in [0.4, 0.5) is 5.69 Å². The maximum atomic E-state index is 13.0. The Morgan fingerprint density at radius 3 is 2.69 bits per heavy atom. The quantitative estimate of drug-likeness (QED) is 0.624. The summed E-state index contributed by atoms with van der Waals surface area (Å²) in [6.07, 6.45) is 1.61. The smallest absolute Gasteiger partial charge is 0.257 e. The molecule has 1 N–H and O–H groups in total. The fraction of sp³-hybridized carbons (Fsp3) is 0.278. The van der Waals surface area contributed by atoms with E-state index in [0.717, 1.165) is 0 Å². The lowest BCUT2D eigenvalue weighted by molar-refractivity contribution is -0.122. The lowest BCUT2D eigenvalue weighted by Crippen LogP contribution is -2.49. The van der Waals surface area contributed by atoms with Crippen molar-refractivity contribution in [2.24, 2.45) is 0 Å². The minimum atomic E-state index is -0.685. The standard InChI is InChI=1S/C18H18ClN3O3S/c1-2-20-18(26)21(11-14-4-3-9-25-14)15-10-16(23)22(17(15)24)13-7-5-12(19)6-8-13/h3-9,15H,2,10-11H2,1H3,(H,20,26)/t15-/m1/s1. The number of benzene rings is 1. The summed E-state index contributed by atoms with van der Waals surface area (Å²) >= 11 is 11.3. The number of rotatable bonds is 5. The molecule has 0 saturated carbocycles. The number of carbonyl (C=O) groups excluding carboxylic acids is 2. The number of thiocarbonyl (C=S) groups is 1. The van der Waals surface area contributed by atoms with Gasteiger partial charge in [-0.25, -0.2) is 4.90 Å². The van der Waals surface area contributed by atoms with Crippen LogP contribution in [0.5, 0.6) is 0 Å². The average Bonchev–Trinajstić information content (AvgIpc) is 3.22. The number of hydrogen-bond donors (Lipinski definition) is 1. The molecule has 0 aliphatic carbocycles. The van der Waals surface area contributed by atoms with Gasteiger partial charge in [-0.1, -0.05) is 11.6 Å². The zero-order chi connectivity index (χ0) is 18.7. The van der Waals surface area contributed by atoms with Crippen molar-refractivity contribution >= 4 is 46.4 Å². The van der Waals surface area contributed by atoms with Gasteiger partial charge in [-0.2, -0.15) is 0 Å². The summed E-state index contributed by atoms with van der Waals surface area (Å²) in [4.78, 5) is 28.4. The molecular formula is C18H18ClN3O3S. The van der Waals surface area contributed by atoms with Crippen LogP contribution in [0.1, 0.15) is 19.1 Å². The molecule has 0 radical (unpaired) electrons. The molecule has 1 aromatic heterocycles. The minimum Gasteiger partial charge on any atom is -0.467 e. The van der Waals surface area contributed by atoms with Crippen LogP contribution < -0.4 is 10.2 Å². The summed E-state index contributed by atoms with van der Waals surface area (Å²) in [5.74, 6) is 0.0747. The first-order chi connectivity index (χ1) is 12.5. The Labute approximate surface area is 161 Å². The van der Waals surface area contributed by atoms with E-state index in [9.17, 15) is 9.59 Å². The van der Waals surface area contributed by atoms with Gasteiger partial charge in [0, 0.05) is 11.6 Å². The second-order valence-corrected chi connectivity index (χ2v) is 6.63. The van der Waals surface area contributed by atoms with Gasteiger partial charge in [-0.05, 0) is 55.5 Å². The second kappa shape index (κ2) is 7.88. The second-order valence-electron chi connectivity index (χ2n) is 5.81. The molecule has 0 spiro atoms. The van der Waals surface area contributed by atoms with E-state index in [1.807, 2.05) is 6.92 Å². The molecule has 1 atom stereocenters. The number of imide groups is 1. The monoisotopic (exact) mass is 391 g/mol. The number of nitrogens with zero attached hydrogens (tertiary/aromatic N) is 2. The molecule has 1 aliphatic rings. The predicted octanol–water partition coefficient (Wildman–Crippen LogP) is 2.96. The van der Waals surface area contributed by atoms with Crippen LogP contribution in [-0.4, -0.2) is 34.4 Å². The van der Waals surface area contributed by atoms with E-state index in [1.54, 1.807) is 47.6 Å². The fourth-order valence-corrected chi connectivity index (χ4v) is 3.33. The zero-order valence-corrected chi connectivity index (χ0v) is 15.7. The Bertz CT molecular complexity index is 808. The van der Waals surface area contributed by atoms with Crippen LogP contribution in [-0.2, 0) is 16.1 Å². The molecule has 8 heteroatoms. The third-order valence-electron chi connectivity index (χ3n) is 4.08. The maximum Gasteiger partial charge on any atom is 0.257 e. The van der Waals surface area contributed by atoms with E-state index in [-0.39, 0.29) is 18.2 Å². The molecule has 2 amide bonds. The van der Waals surface area contributed by atoms with Crippen LogP contribution in [0.2, 0.25) is 5.02 Å². The van der Waals surface area contributed by atoms with Crippen LogP contribution in [0.3, 0.4) is 0 Å². The van der Waals surface area contributed by atoms with Crippen molar-refractivity contribution in [2.45, 2.75) is 25.9 Å². The highest BCUT2D eigenvalue weighted by atomic mass is 35.5. The molecule has 3 rings (SSSR count). The summed E-state index contributed by atoms with van der Waals surface area (Å²) in [5.41, 5.74) is 0.499. The van der Waals surface area contributed by atoms with Crippen molar-refractivity contribution in [2.75, 3.05) is 11.4 Å². The Morgan fingerprint density at radius 1 is 1.35 bits per heavy atom. The van der Waals surface area contributed by atoms with Crippen LogP contribution in [0.25, 0.3) is 0 Å². The van der Waals surface area contributed by atoms with Crippen molar-refractivity contribution in [1.82, 2.24) is 10.2 Å². The van der Waals surface area contributed by atoms with Crippen LogP contribution in [0, 0.1) is 0 Å². The first kappa shape index (κ1) is 18.4. The number of nitrogens with one attached hydrogen (secondary N) is 1. The van der Waals surface area contributed by atoms with Crippen molar-refractivity contribution in [1.29, 1.82) is 0 Å². The van der Waals surface area contributed by atoms with Crippen LogP contribution in [0.15, 0.2) is 47.1 Å².